The molecule has 1 aromatic rings. The van der Waals surface area contributed by atoms with E-state index in [0.717, 1.165) is 18.4 Å². The van der Waals surface area contributed by atoms with E-state index in [-0.39, 0.29) is 17.5 Å². The molecule has 2 unspecified atom stereocenters. The first kappa shape index (κ1) is 15.5. The van der Waals surface area contributed by atoms with Gasteiger partial charge in [0.25, 0.3) is 5.91 Å². The maximum atomic E-state index is 12.9. The molecule has 1 amide bonds. The molecular formula is C17H23NO3. The summed E-state index contributed by atoms with van der Waals surface area (Å²) in [7, 11) is 0. The summed E-state index contributed by atoms with van der Waals surface area (Å²) in [6.45, 7) is 8.44. The molecule has 21 heavy (non-hydrogen) atoms. The molecule has 0 radical (unpaired) electrons. The van der Waals surface area contributed by atoms with E-state index in [0.29, 0.717) is 23.6 Å². The van der Waals surface area contributed by atoms with Crippen LogP contribution < -0.4 is 0 Å². The summed E-state index contributed by atoms with van der Waals surface area (Å²) in [6.07, 6.45) is 2.09. The molecule has 0 aliphatic carbocycles. The van der Waals surface area contributed by atoms with E-state index in [2.05, 4.69) is 6.92 Å². The van der Waals surface area contributed by atoms with Crippen LogP contribution in [0.4, 0.5) is 0 Å². The number of nitrogens with zero attached hydrogens (tertiary/aromatic N) is 1. The van der Waals surface area contributed by atoms with Crippen LogP contribution in [0.15, 0.2) is 12.1 Å². The third kappa shape index (κ3) is 2.80. The monoisotopic (exact) mass is 289 g/mol. The van der Waals surface area contributed by atoms with E-state index in [9.17, 15) is 14.7 Å². The maximum Gasteiger partial charge on any atom is 0.336 e. The Morgan fingerprint density at radius 1 is 1.14 bits per heavy atom. The van der Waals surface area contributed by atoms with E-state index in [1.807, 2.05) is 17.9 Å². The van der Waals surface area contributed by atoms with Gasteiger partial charge in [0.05, 0.1) is 11.1 Å². The lowest BCUT2D eigenvalue weighted by Crippen LogP contribution is -2.46. The molecule has 1 aliphatic rings. The molecule has 2 atom stereocenters. The topological polar surface area (TPSA) is 57.6 Å². The summed E-state index contributed by atoms with van der Waals surface area (Å²) in [4.78, 5) is 26.3. The Labute approximate surface area is 125 Å². The van der Waals surface area contributed by atoms with Gasteiger partial charge >= 0.3 is 5.97 Å². The lowest BCUT2D eigenvalue weighted by atomic mass is 9.89. The summed E-state index contributed by atoms with van der Waals surface area (Å²) in [5.74, 6) is -0.731. The number of carbonyl (C=O) groups excluding carboxylic acids is 1. The summed E-state index contributed by atoms with van der Waals surface area (Å²) < 4.78 is 0. The van der Waals surface area contributed by atoms with Gasteiger partial charge in [0, 0.05) is 12.6 Å². The number of carbonyl (C=O) groups is 2. The Bertz CT molecular complexity index is 580. The highest BCUT2D eigenvalue weighted by Crippen LogP contribution is 2.27. The zero-order chi connectivity index (χ0) is 15.7. The molecule has 0 spiro atoms. The van der Waals surface area contributed by atoms with Crippen LogP contribution in [0.3, 0.4) is 0 Å². The fraction of sp³-hybridized carbons (Fsp3) is 0.529. The molecule has 1 aromatic carbocycles. The molecule has 1 saturated heterocycles. The Morgan fingerprint density at radius 2 is 1.71 bits per heavy atom. The van der Waals surface area contributed by atoms with Gasteiger partial charge in [-0.15, -0.1) is 0 Å². The number of piperidine rings is 1. The summed E-state index contributed by atoms with van der Waals surface area (Å²) in [5.41, 5.74) is 1.86. The Morgan fingerprint density at radius 3 is 2.29 bits per heavy atom. The summed E-state index contributed by atoms with van der Waals surface area (Å²) in [6, 6.07) is 3.73. The standard InChI is InChI=1S/C17H23NO3/c1-10-6-5-9-18(13(10)4)16(19)14-11(2)7-8-12(3)15(14)17(20)21/h7-8,10,13H,5-6,9H2,1-4H3,(H,20,21). The molecule has 2 rings (SSSR count). The predicted molar refractivity (Wildman–Crippen MR) is 81.8 cm³/mol. The number of benzene rings is 1. The quantitative estimate of drug-likeness (QED) is 0.909. The van der Waals surface area contributed by atoms with Crippen LogP contribution in [0.5, 0.6) is 0 Å². The van der Waals surface area contributed by atoms with E-state index in [4.69, 9.17) is 0 Å². The second-order valence-corrected chi connectivity index (χ2v) is 6.11. The molecule has 0 aromatic heterocycles. The number of aromatic carboxylic acids is 1. The maximum absolute atomic E-state index is 12.9. The van der Waals surface area contributed by atoms with Crippen molar-refractivity contribution >= 4 is 11.9 Å². The van der Waals surface area contributed by atoms with Crippen LogP contribution >= 0.6 is 0 Å². The number of hydrogen-bond acceptors (Lipinski definition) is 2. The fourth-order valence-electron chi connectivity index (χ4n) is 3.13. The van der Waals surface area contributed by atoms with Crippen LogP contribution in [0.25, 0.3) is 0 Å². The number of hydrogen-bond donors (Lipinski definition) is 1. The van der Waals surface area contributed by atoms with Crippen LogP contribution in [0, 0.1) is 19.8 Å². The minimum atomic E-state index is -1.03. The third-order valence-corrected chi connectivity index (χ3v) is 4.68. The molecule has 1 N–H and O–H groups in total. The van der Waals surface area contributed by atoms with Crippen molar-refractivity contribution in [3.63, 3.8) is 0 Å². The summed E-state index contributed by atoms with van der Waals surface area (Å²) in [5, 5.41) is 9.47. The number of likely N-dealkylation sites (tertiary alicyclic amines) is 1. The lowest BCUT2D eigenvalue weighted by molar-refractivity contribution is 0.0538. The van der Waals surface area contributed by atoms with Crippen molar-refractivity contribution in [2.45, 2.75) is 46.6 Å². The Balaban J connectivity index is 2.48. The van der Waals surface area contributed by atoms with Crippen LogP contribution in [0.1, 0.15) is 58.5 Å². The molecule has 114 valence electrons. The lowest BCUT2D eigenvalue weighted by Gasteiger charge is -2.38. The number of carboxylic acids is 1. The van der Waals surface area contributed by atoms with Crippen molar-refractivity contribution in [1.82, 2.24) is 4.90 Å². The smallest absolute Gasteiger partial charge is 0.336 e. The SMILES string of the molecule is Cc1ccc(C)c(C(=O)N2CCCC(C)C2C)c1C(=O)O. The van der Waals surface area contributed by atoms with Crippen molar-refractivity contribution in [3.8, 4) is 0 Å². The zero-order valence-corrected chi connectivity index (χ0v) is 13.1. The average Bonchev–Trinajstić information content (AvgIpc) is 2.43. The van der Waals surface area contributed by atoms with Gasteiger partial charge in [-0.25, -0.2) is 4.79 Å². The van der Waals surface area contributed by atoms with Crippen molar-refractivity contribution in [1.29, 1.82) is 0 Å². The number of rotatable bonds is 2. The van der Waals surface area contributed by atoms with E-state index < -0.39 is 5.97 Å². The van der Waals surface area contributed by atoms with Gasteiger partial charge in [0.15, 0.2) is 0 Å². The first-order valence-electron chi connectivity index (χ1n) is 7.49. The molecule has 1 fully saturated rings. The molecular weight excluding hydrogens is 266 g/mol. The molecule has 1 aliphatic heterocycles. The minimum absolute atomic E-state index is 0.144. The van der Waals surface area contributed by atoms with Gasteiger partial charge in [0.1, 0.15) is 0 Å². The van der Waals surface area contributed by atoms with Gasteiger partial charge in [-0.3, -0.25) is 4.79 Å². The first-order chi connectivity index (χ1) is 9.84. The van der Waals surface area contributed by atoms with Crippen molar-refractivity contribution in [2.75, 3.05) is 6.54 Å². The highest BCUT2D eigenvalue weighted by molar-refractivity contribution is 6.06. The highest BCUT2D eigenvalue weighted by Gasteiger charge is 2.32. The van der Waals surface area contributed by atoms with Gasteiger partial charge in [-0.2, -0.15) is 0 Å². The fourth-order valence-corrected chi connectivity index (χ4v) is 3.13. The average molecular weight is 289 g/mol. The van der Waals surface area contributed by atoms with E-state index in [1.54, 1.807) is 19.9 Å². The second-order valence-electron chi connectivity index (χ2n) is 6.11. The van der Waals surface area contributed by atoms with Crippen molar-refractivity contribution in [2.24, 2.45) is 5.92 Å². The van der Waals surface area contributed by atoms with Crippen molar-refractivity contribution < 1.29 is 14.7 Å². The van der Waals surface area contributed by atoms with Crippen LogP contribution in [0.2, 0.25) is 0 Å². The third-order valence-electron chi connectivity index (χ3n) is 4.68. The van der Waals surface area contributed by atoms with Gasteiger partial charge in [0.2, 0.25) is 0 Å². The van der Waals surface area contributed by atoms with Crippen molar-refractivity contribution in [3.05, 3.63) is 34.4 Å². The summed E-state index contributed by atoms with van der Waals surface area (Å²) >= 11 is 0. The van der Waals surface area contributed by atoms with Crippen LogP contribution in [-0.2, 0) is 0 Å². The number of amides is 1. The minimum Gasteiger partial charge on any atom is -0.478 e. The molecule has 4 heteroatoms. The van der Waals surface area contributed by atoms with Gasteiger partial charge < -0.3 is 10.0 Å². The predicted octanol–water partition coefficient (Wildman–Crippen LogP) is 3.26. The largest absolute Gasteiger partial charge is 0.478 e. The molecule has 1 heterocycles. The highest BCUT2D eigenvalue weighted by atomic mass is 16.4. The zero-order valence-electron chi connectivity index (χ0n) is 13.1. The Hall–Kier alpha value is -1.84. The second kappa shape index (κ2) is 5.88. The van der Waals surface area contributed by atoms with Gasteiger partial charge in [-0.1, -0.05) is 19.1 Å². The molecule has 4 nitrogen and oxygen atoms in total. The Kier molecular flexibility index (Phi) is 4.35. The number of carboxylic acid groups (broad SMARTS) is 1. The van der Waals surface area contributed by atoms with E-state index >= 15 is 0 Å². The first-order valence-corrected chi connectivity index (χ1v) is 7.49. The number of aryl methyl sites for hydroxylation is 2. The van der Waals surface area contributed by atoms with E-state index in [1.165, 1.54) is 0 Å². The molecule has 0 saturated carbocycles. The normalized spacial score (nSPS) is 22.2. The molecule has 0 bridgehead atoms. The van der Waals surface area contributed by atoms with Crippen LogP contribution in [-0.4, -0.2) is 34.5 Å². The van der Waals surface area contributed by atoms with Gasteiger partial charge in [-0.05, 0) is 50.7 Å².